The molecule has 1 aromatic carbocycles. The second-order valence-electron chi connectivity index (χ2n) is 8.08. The Hall–Kier alpha value is -4.27. The largest absolute Gasteiger partial charge is 0.493 e. The number of amides is 5. The van der Waals surface area contributed by atoms with Crippen LogP contribution in [0.15, 0.2) is 18.2 Å². The molecule has 15 nitrogen and oxygen atoms in total. The molecule has 0 radical (unpaired) electrons. The molecule has 0 aromatic heterocycles. The average Bonchev–Trinajstić information content (AvgIpc) is 2.81. The maximum Gasteiger partial charge on any atom is 0.270 e. The van der Waals surface area contributed by atoms with Crippen LogP contribution in [0.4, 0.5) is 5.69 Å². The fourth-order valence-electron chi connectivity index (χ4n) is 3.46. The number of unbranched alkanes of at least 4 members (excludes halogenated alkanes) is 1. The first-order chi connectivity index (χ1) is 17.0. The summed E-state index contributed by atoms with van der Waals surface area (Å²) in [6.07, 6.45) is 0.423. The summed E-state index contributed by atoms with van der Waals surface area (Å²) >= 11 is 0. The number of ether oxygens (including phenoxy) is 1. The maximum absolute atomic E-state index is 13.0. The highest BCUT2D eigenvalue weighted by Gasteiger charge is 2.31. The fraction of sp³-hybridized carbons (Fsp3) is 0.476. The van der Waals surface area contributed by atoms with E-state index in [1.807, 2.05) is 0 Å². The monoisotopic (exact) mass is 507 g/mol. The molecule has 1 heterocycles. The van der Waals surface area contributed by atoms with E-state index in [0.717, 1.165) is 12.1 Å². The number of fused-ring (bicyclic) bond motifs is 1. The Morgan fingerprint density at radius 1 is 1.06 bits per heavy atom. The number of hydrogen-bond donors (Lipinski definition) is 6. The van der Waals surface area contributed by atoms with Gasteiger partial charge in [0.25, 0.3) is 11.6 Å². The SMILES string of the molecule is NCCCC[C@@H]1NC(=O)[C@H](CC(N)=O)NC(=O)c2cc([N+](=O)[O-])ccc2OCC[C@@H](C(N)=O)NC1=O. The van der Waals surface area contributed by atoms with E-state index in [4.69, 9.17) is 21.9 Å². The maximum atomic E-state index is 13.0. The summed E-state index contributed by atoms with van der Waals surface area (Å²) in [5, 5.41) is 18.5. The number of primary amides is 2. The minimum Gasteiger partial charge on any atom is -0.493 e. The van der Waals surface area contributed by atoms with E-state index >= 15 is 0 Å². The number of carbonyl (C=O) groups is 5. The molecule has 0 unspecified atom stereocenters. The van der Waals surface area contributed by atoms with Crippen molar-refractivity contribution in [2.45, 2.75) is 50.2 Å². The molecule has 1 aliphatic heterocycles. The van der Waals surface area contributed by atoms with Crippen molar-refractivity contribution in [1.82, 2.24) is 16.0 Å². The summed E-state index contributed by atoms with van der Waals surface area (Å²) in [5.74, 6) is -4.45. The second kappa shape index (κ2) is 13.0. The van der Waals surface area contributed by atoms with Crippen LogP contribution in [0.25, 0.3) is 0 Å². The average molecular weight is 508 g/mol. The summed E-state index contributed by atoms with van der Waals surface area (Å²) in [6.45, 7) is 0.149. The smallest absolute Gasteiger partial charge is 0.270 e. The van der Waals surface area contributed by atoms with E-state index in [2.05, 4.69) is 16.0 Å². The number of carbonyl (C=O) groups excluding carboxylic acids is 5. The Morgan fingerprint density at radius 2 is 1.75 bits per heavy atom. The summed E-state index contributed by atoms with van der Waals surface area (Å²) in [5.41, 5.74) is 15.4. The molecular formula is C21H29N7O8. The lowest BCUT2D eigenvalue weighted by molar-refractivity contribution is -0.384. The van der Waals surface area contributed by atoms with Crippen LogP contribution in [0.2, 0.25) is 0 Å². The first kappa shape index (κ1) is 28.0. The number of nitro groups is 1. The van der Waals surface area contributed by atoms with Crippen molar-refractivity contribution in [3.05, 3.63) is 33.9 Å². The highest BCUT2D eigenvalue weighted by Crippen LogP contribution is 2.25. The topological polar surface area (TPSA) is 252 Å². The van der Waals surface area contributed by atoms with Crippen LogP contribution in [0, 0.1) is 10.1 Å². The third kappa shape index (κ3) is 7.90. The van der Waals surface area contributed by atoms with Crippen LogP contribution < -0.4 is 37.9 Å². The van der Waals surface area contributed by atoms with Crippen molar-refractivity contribution in [2.24, 2.45) is 17.2 Å². The lowest BCUT2D eigenvalue weighted by Gasteiger charge is -2.25. The van der Waals surface area contributed by atoms with E-state index in [0.29, 0.717) is 19.4 Å². The van der Waals surface area contributed by atoms with Crippen molar-refractivity contribution in [3.63, 3.8) is 0 Å². The number of rotatable bonds is 8. The van der Waals surface area contributed by atoms with Gasteiger partial charge in [-0.2, -0.15) is 0 Å². The van der Waals surface area contributed by atoms with Gasteiger partial charge in [0.05, 0.1) is 23.5 Å². The first-order valence-electron chi connectivity index (χ1n) is 11.1. The Morgan fingerprint density at radius 3 is 2.36 bits per heavy atom. The first-order valence-corrected chi connectivity index (χ1v) is 11.1. The molecule has 36 heavy (non-hydrogen) atoms. The van der Waals surface area contributed by atoms with Gasteiger partial charge in [-0.3, -0.25) is 34.1 Å². The molecule has 196 valence electrons. The van der Waals surface area contributed by atoms with Crippen molar-refractivity contribution in [3.8, 4) is 5.75 Å². The molecule has 15 heteroatoms. The number of nitrogens with two attached hydrogens (primary N) is 3. The van der Waals surface area contributed by atoms with Crippen LogP contribution in [0.5, 0.6) is 5.75 Å². The molecule has 2 rings (SSSR count). The summed E-state index contributed by atoms with van der Waals surface area (Å²) in [4.78, 5) is 72.9. The molecule has 0 fully saturated rings. The number of benzene rings is 1. The third-order valence-corrected chi connectivity index (χ3v) is 5.35. The molecule has 9 N–H and O–H groups in total. The highest BCUT2D eigenvalue weighted by molar-refractivity contribution is 6.02. The van der Waals surface area contributed by atoms with Crippen molar-refractivity contribution in [1.29, 1.82) is 0 Å². The standard InChI is InChI=1S/C21H29N7O8/c22-7-2-1-3-14-20(32)25-13(18(24)30)6-8-36-16-5-4-11(28(34)35)9-12(16)19(31)27-15(10-17(23)29)21(33)26-14/h4-5,9,13-15H,1-3,6-8,10,22H2,(H2,23,29)(H2,24,30)(H,25,32)(H,26,33)(H,27,31)/t13-,14-,15-/m0/s1. The Bertz CT molecular complexity index is 1030. The van der Waals surface area contributed by atoms with Gasteiger partial charge in [0.2, 0.25) is 23.6 Å². The van der Waals surface area contributed by atoms with Crippen LogP contribution in [0.3, 0.4) is 0 Å². The van der Waals surface area contributed by atoms with Crippen molar-refractivity contribution >= 4 is 35.2 Å². The van der Waals surface area contributed by atoms with Gasteiger partial charge >= 0.3 is 0 Å². The van der Waals surface area contributed by atoms with E-state index in [9.17, 15) is 34.1 Å². The number of nitrogens with zero attached hydrogens (tertiary/aromatic N) is 1. The molecule has 0 bridgehead atoms. The van der Waals surface area contributed by atoms with E-state index in [1.165, 1.54) is 6.07 Å². The fourth-order valence-corrected chi connectivity index (χ4v) is 3.46. The summed E-state index contributed by atoms with van der Waals surface area (Å²) in [7, 11) is 0. The van der Waals surface area contributed by atoms with Gasteiger partial charge in [0.15, 0.2) is 0 Å². The molecule has 0 saturated heterocycles. The van der Waals surface area contributed by atoms with Gasteiger partial charge in [0, 0.05) is 18.6 Å². The molecule has 0 saturated carbocycles. The number of hydrogen-bond acceptors (Lipinski definition) is 9. The molecule has 0 aliphatic carbocycles. The van der Waals surface area contributed by atoms with Gasteiger partial charge in [-0.1, -0.05) is 0 Å². The van der Waals surface area contributed by atoms with Crippen molar-refractivity contribution in [2.75, 3.05) is 13.2 Å². The van der Waals surface area contributed by atoms with Crippen LogP contribution in [0.1, 0.15) is 42.5 Å². The summed E-state index contributed by atoms with van der Waals surface area (Å²) < 4.78 is 5.55. The molecule has 1 aliphatic rings. The number of nitrogens with one attached hydrogen (secondary N) is 3. The van der Waals surface area contributed by atoms with Crippen molar-refractivity contribution < 1.29 is 33.6 Å². The zero-order valence-electron chi connectivity index (χ0n) is 19.4. The van der Waals surface area contributed by atoms with E-state index < -0.39 is 64.7 Å². The minimum atomic E-state index is -1.51. The molecule has 3 atom stereocenters. The van der Waals surface area contributed by atoms with Gasteiger partial charge in [0.1, 0.15) is 23.9 Å². The van der Waals surface area contributed by atoms with E-state index in [-0.39, 0.29) is 30.8 Å². The Balaban J connectivity index is 2.48. The predicted molar refractivity (Wildman–Crippen MR) is 124 cm³/mol. The number of non-ortho nitro benzene ring substituents is 1. The highest BCUT2D eigenvalue weighted by atomic mass is 16.6. The predicted octanol–water partition coefficient (Wildman–Crippen LogP) is -2.06. The van der Waals surface area contributed by atoms with Crippen LogP contribution in [-0.2, 0) is 19.2 Å². The van der Waals surface area contributed by atoms with Gasteiger partial charge in [-0.15, -0.1) is 0 Å². The van der Waals surface area contributed by atoms with Gasteiger partial charge < -0.3 is 37.9 Å². The normalized spacial score (nSPS) is 21.0. The van der Waals surface area contributed by atoms with Gasteiger partial charge in [-0.05, 0) is 31.9 Å². The molecule has 1 aromatic rings. The zero-order valence-corrected chi connectivity index (χ0v) is 19.4. The van der Waals surface area contributed by atoms with Crippen LogP contribution >= 0.6 is 0 Å². The Kier molecular flexibility index (Phi) is 10.1. The second-order valence-corrected chi connectivity index (χ2v) is 8.08. The number of nitro benzene ring substituents is 1. The minimum absolute atomic E-state index is 0.0904. The molecular weight excluding hydrogens is 478 g/mol. The van der Waals surface area contributed by atoms with Gasteiger partial charge in [-0.25, -0.2) is 0 Å². The quantitative estimate of drug-likeness (QED) is 0.128. The van der Waals surface area contributed by atoms with Crippen LogP contribution in [-0.4, -0.2) is 65.7 Å². The Labute approximate surface area is 205 Å². The lowest BCUT2D eigenvalue weighted by atomic mass is 10.0. The lowest BCUT2D eigenvalue weighted by Crippen LogP contribution is -2.57. The zero-order chi connectivity index (χ0) is 26.8. The molecule has 0 spiro atoms. The summed E-state index contributed by atoms with van der Waals surface area (Å²) in [6, 6.07) is -0.614. The third-order valence-electron chi connectivity index (χ3n) is 5.35. The molecule has 5 amide bonds. The van der Waals surface area contributed by atoms with E-state index in [1.54, 1.807) is 0 Å².